The molecule has 0 aliphatic heterocycles. The first-order chi connectivity index (χ1) is 9.81. The van der Waals surface area contributed by atoms with Crippen LogP contribution in [-0.4, -0.2) is 22.1 Å². The number of rotatable bonds is 4. The number of carbonyl (C=O) groups is 2. The molecular formula is C12H12Br2Cl2N2O2S. The van der Waals surface area contributed by atoms with E-state index in [1.165, 1.54) is 0 Å². The Labute approximate surface area is 155 Å². The first kappa shape index (κ1) is 19.1. The smallest absolute Gasteiger partial charge is 0.306 e. The molecule has 0 aliphatic carbocycles. The van der Waals surface area contributed by atoms with Gasteiger partial charge in [-0.25, -0.2) is 4.79 Å². The van der Waals surface area contributed by atoms with Crippen molar-refractivity contribution in [3.63, 3.8) is 0 Å². The Kier molecular flexibility index (Phi) is 7.84. The lowest BCUT2D eigenvalue weighted by atomic mass is 10.1. The van der Waals surface area contributed by atoms with Crippen LogP contribution in [0.3, 0.4) is 0 Å². The average molecular weight is 479 g/mol. The number of carbonyl (C=O) groups excluding carboxylic acids is 2. The van der Waals surface area contributed by atoms with E-state index in [2.05, 4.69) is 55.1 Å². The molecule has 9 heteroatoms. The summed E-state index contributed by atoms with van der Waals surface area (Å²) in [6, 6.07) is 0.867. The van der Waals surface area contributed by atoms with Gasteiger partial charge in [-0.3, -0.25) is 10.1 Å². The van der Waals surface area contributed by atoms with Crippen LogP contribution in [0.25, 0.3) is 0 Å². The molecule has 1 rings (SSSR count). The Hall–Kier alpha value is 0.0500. The predicted octanol–water partition coefficient (Wildman–Crippen LogP) is 4.65. The number of alkyl halides is 2. The molecule has 0 heterocycles. The Morgan fingerprint density at radius 2 is 2.05 bits per heavy atom. The van der Waals surface area contributed by atoms with Gasteiger partial charge in [-0.15, -0.1) is 12.6 Å². The minimum atomic E-state index is -0.683. The van der Waals surface area contributed by atoms with Crippen molar-refractivity contribution < 1.29 is 9.59 Å². The zero-order chi connectivity index (χ0) is 16.2. The monoisotopic (exact) mass is 476 g/mol. The van der Waals surface area contributed by atoms with Crippen molar-refractivity contribution in [2.75, 3.05) is 10.6 Å². The SMILES string of the molecule is CCc1c(Cl)cc(NC(=O)NC(=O)C(Br)CBr)c(S)c1Cl. The van der Waals surface area contributed by atoms with Gasteiger partial charge < -0.3 is 5.32 Å². The number of anilines is 1. The Morgan fingerprint density at radius 1 is 1.43 bits per heavy atom. The van der Waals surface area contributed by atoms with Crippen molar-refractivity contribution in [1.29, 1.82) is 0 Å². The number of urea groups is 1. The van der Waals surface area contributed by atoms with E-state index in [1.54, 1.807) is 6.07 Å². The number of imide groups is 1. The van der Waals surface area contributed by atoms with Crippen LogP contribution in [0.15, 0.2) is 11.0 Å². The summed E-state index contributed by atoms with van der Waals surface area (Å²) < 4.78 is 0. The Bertz CT molecular complexity index is 573. The van der Waals surface area contributed by atoms with Gasteiger partial charge in [0.25, 0.3) is 0 Å². The van der Waals surface area contributed by atoms with Crippen LogP contribution in [0.1, 0.15) is 12.5 Å². The summed E-state index contributed by atoms with van der Waals surface area (Å²) in [4.78, 5) is 23.2. The standard InChI is InChI=1S/C12H12Br2Cl2N2O2S/c1-2-5-7(15)3-8(10(21)9(5)16)17-12(20)18-11(19)6(14)4-13/h3,6,21H,2,4H2,1H3,(H2,17,18,19,20). The number of thiol groups is 1. The fourth-order valence-electron chi connectivity index (χ4n) is 1.48. The normalized spacial score (nSPS) is 11.9. The molecule has 0 spiro atoms. The van der Waals surface area contributed by atoms with Crippen LogP contribution in [-0.2, 0) is 11.2 Å². The maximum absolute atomic E-state index is 11.8. The van der Waals surface area contributed by atoms with Crippen LogP contribution in [0.2, 0.25) is 10.0 Å². The van der Waals surface area contributed by atoms with E-state index in [0.29, 0.717) is 32.4 Å². The van der Waals surface area contributed by atoms with E-state index in [9.17, 15) is 9.59 Å². The number of halogens is 4. The molecule has 116 valence electrons. The third kappa shape index (κ3) is 5.03. The number of hydrogen-bond donors (Lipinski definition) is 3. The molecule has 0 bridgehead atoms. The molecule has 0 saturated heterocycles. The zero-order valence-electron chi connectivity index (χ0n) is 10.8. The second kappa shape index (κ2) is 8.62. The van der Waals surface area contributed by atoms with Gasteiger partial charge in [0, 0.05) is 15.2 Å². The highest BCUT2D eigenvalue weighted by Crippen LogP contribution is 2.36. The fourth-order valence-corrected chi connectivity index (χ4v) is 2.87. The maximum Gasteiger partial charge on any atom is 0.325 e. The lowest BCUT2D eigenvalue weighted by molar-refractivity contribution is -0.118. The summed E-state index contributed by atoms with van der Waals surface area (Å²) in [6.45, 7) is 1.91. The van der Waals surface area contributed by atoms with E-state index in [-0.39, 0.29) is 0 Å². The molecule has 4 nitrogen and oxygen atoms in total. The molecule has 0 aliphatic rings. The third-order valence-electron chi connectivity index (χ3n) is 2.55. The molecular weight excluding hydrogens is 467 g/mol. The number of nitrogens with one attached hydrogen (secondary N) is 2. The molecule has 0 radical (unpaired) electrons. The summed E-state index contributed by atoms with van der Waals surface area (Å²) in [5.74, 6) is -0.465. The fraction of sp³-hybridized carbons (Fsp3) is 0.333. The summed E-state index contributed by atoms with van der Waals surface area (Å²) >= 11 is 22.8. The summed E-state index contributed by atoms with van der Waals surface area (Å²) in [7, 11) is 0. The van der Waals surface area contributed by atoms with Gasteiger partial charge in [-0.2, -0.15) is 0 Å². The van der Waals surface area contributed by atoms with Gasteiger partial charge in [0.1, 0.15) is 4.83 Å². The van der Waals surface area contributed by atoms with Gasteiger partial charge in [0.2, 0.25) is 5.91 Å². The Morgan fingerprint density at radius 3 is 2.57 bits per heavy atom. The van der Waals surface area contributed by atoms with Gasteiger partial charge in [-0.1, -0.05) is 62.0 Å². The molecule has 2 N–H and O–H groups in total. The number of benzene rings is 1. The first-order valence-electron chi connectivity index (χ1n) is 5.83. The second-order valence-electron chi connectivity index (χ2n) is 3.97. The van der Waals surface area contributed by atoms with E-state index < -0.39 is 16.8 Å². The van der Waals surface area contributed by atoms with Crippen LogP contribution in [0, 0.1) is 0 Å². The molecule has 0 aromatic heterocycles. The largest absolute Gasteiger partial charge is 0.325 e. The number of hydrogen-bond acceptors (Lipinski definition) is 3. The highest BCUT2D eigenvalue weighted by Gasteiger charge is 2.18. The van der Waals surface area contributed by atoms with Crippen molar-refractivity contribution in [2.45, 2.75) is 23.1 Å². The van der Waals surface area contributed by atoms with Gasteiger partial charge in [0.15, 0.2) is 0 Å². The highest BCUT2D eigenvalue weighted by atomic mass is 79.9. The van der Waals surface area contributed by atoms with Gasteiger partial charge in [-0.05, 0) is 18.1 Å². The Balaban J connectivity index is 2.89. The molecule has 1 atom stereocenters. The highest BCUT2D eigenvalue weighted by molar-refractivity contribution is 9.12. The molecule has 1 aromatic carbocycles. The molecule has 1 aromatic rings. The summed E-state index contributed by atoms with van der Waals surface area (Å²) in [5.41, 5.74) is 1.09. The molecule has 0 saturated carbocycles. The predicted molar refractivity (Wildman–Crippen MR) is 96.8 cm³/mol. The number of amides is 3. The average Bonchev–Trinajstić information content (AvgIpc) is 2.43. The lowest BCUT2D eigenvalue weighted by Crippen LogP contribution is -2.39. The van der Waals surface area contributed by atoms with Crippen LogP contribution in [0.4, 0.5) is 10.5 Å². The van der Waals surface area contributed by atoms with E-state index in [4.69, 9.17) is 23.2 Å². The first-order valence-corrected chi connectivity index (χ1v) is 9.07. The minimum absolute atomic E-state index is 0.334. The molecule has 21 heavy (non-hydrogen) atoms. The van der Waals surface area contributed by atoms with E-state index >= 15 is 0 Å². The quantitative estimate of drug-likeness (QED) is 0.436. The van der Waals surface area contributed by atoms with Crippen molar-refractivity contribution in [3.05, 3.63) is 21.7 Å². The lowest BCUT2D eigenvalue weighted by Gasteiger charge is -2.14. The zero-order valence-corrected chi connectivity index (χ0v) is 16.4. The van der Waals surface area contributed by atoms with Crippen LogP contribution < -0.4 is 10.6 Å². The summed E-state index contributed by atoms with van der Waals surface area (Å²) in [5, 5.41) is 5.88. The second-order valence-corrected chi connectivity index (χ2v) is 6.95. The minimum Gasteiger partial charge on any atom is -0.306 e. The van der Waals surface area contributed by atoms with Crippen LogP contribution in [0.5, 0.6) is 0 Å². The molecule has 1 unspecified atom stereocenters. The topological polar surface area (TPSA) is 58.2 Å². The van der Waals surface area contributed by atoms with Crippen molar-refractivity contribution >= 4 is 85.3 Å². The maximum atomic E-state index is 11.8. The van der Waals surface area contributed by atoms with E-state index in [0.717, 1.165) is 5.56 Å². The third-order valence-corrected chi connectivity index (χ3v) is 6.15. The van der Waals surface area contributed by atoms with Gasteiger partial charge >= 0.3 is 6.03 Å². The molecule has 0 fully saturated rings. The van der Waals surface area contributed by atoms with Crippen molar-refractivity contribution in [1.82, 2.24) is 5.32 Å². The van der Waals surface area contributed by atoms with Gasteiger partial charge in [0.05, 0.1) is 10.7 Å². The summed E-state index contributed by atoms with van der Waals surface area (Å²) in [6.07, 6.45) is 0.646. The van der Waals surface area contributed by atoms with Crippen LogP contribution >= 0.6 is 67.7 Å². The van der Waals surface area contributed by atoms with E-state index in [1.807, 2.05) is 6.92 Å². The molecule has 3 amide bonds. The van der Waals surface area contributed by atoms with Crippen molar-refractivity contribution in [2.24, 2.45) is 0 Å². The van der Waals surface area contributed by atoms with Crippen molar-refractivity contribution in [3.8, 4) is 0 Å².